The molecule has 0 aliphatic carbocycles. The third kappa shape index (κ3) is 1.70. The molecule has 1 atom stereocenters. The lowest BCUT2D eigenvalue weighted by Gasteiger charge is -2.12. The van der Waals surface area contributed by atoms with Gasteiger partial charge in [-0.15, -0.1) is 5.48 Å². The summed E-state index contributed by atoms with van der Waals surface area (Å²) in [6.45, 7) is 0. The normalized spacial score (nSPS) is 20.2. The molecule has 18 heteroatoms. The molecule has 0 amide bonds. The van der Waals surface area contributed by atoms with Crippen molar-refractivity contribution in [2.75, 3.05) is 0 Å². The Labute approximate surface area is 126 Å². The molecule has 1 unspecified atom stereocenters. The monoisotopic (exact) mass is 346 g/mol. The molecule has 1 aliphatic heterocycles. The molecule has 1 aliphatic rings. The van der Waals surface area contributed by atoms with Gasteiger partial charge in [-0.3, -0.25) is 24.6 Å². The lowest BCUT2D eigenvalue weighted by atomic mass is 9.99. The van der Waals surface area contributed by atoms with Crippen LogP contribution in [0.2, 0.25) is 0 Å². The first-order valence-corrected chi connectivity index (χ1v) is 5.53. The van der Waals surface area contributed by atoms with Crippen LogP contribution in [0.25, 0.3) is 0 Å². The van der Waals surface area contributed by atoms with Gasteiger partial charge in [-0.25, -0.2) is 0 Å². The van der Waals surface area contributed by atoms with Crippen LogP contribution >= 0.6 is 0 Å². The molecule has 0 saturated heterocycles. The first kappa shape index (κ1) is 14.8. The second-order valence-corrected chi connectivity index (χ2v) is 4.08. The van der Waals surface area contributed by atoms with Gasteiger partial charge < -0.3 is 25.5 Å². The van der Waals surface area contributed by atoms with Crippen molar-refractivity contribution in [2.24, 2.45) is 0 Å². The highest BCUT2D eigenvalue weighted by atomic mass is 17.0. The van der Waals surface area contributed by atoms with Crippen LogP contribution in [0.1, 0.15) is 11.4 Å². The van der Waals surface area contributed by atoms with Gasteiger partial charge in [0.15, 0.2) is 0 Å². The van der Waals surface area contributed by atoms with Gasteiger partial charge in [-0.05, 0) is 14.7 Å². The zero-order chi connectivity index (χ0) is 17.6. The van der Waals surface area contributed by atoms with E-state index in [1.165, 1.54) is 0 Å². The van der Waals surface area contributed by atoms with Crippen molar-refractivity contribution in [3.63, 3.8) is 0 Å². The summed E-state index contributed by atoms with van der Waals surface area (Å²) in [4.78, 5) is 22.4. The van der Waals surface area contributed by atoms with Crippen LogP contribution in [-0.2, 0) is 10.6 Å². The number of rotatable bonds is 4. The fourth-order valence-electron chi connectivity index (χ4n) is 1.97. The van der Waals surface area contributed by atoms with Crippen molar-refractivity contribution in [3.8, 4) is 0 Å². The van der Waals surface area contributed by atoms with Gasteiger partial charge in [-0.1, -0.05) is 0 Å². The van der Waals surface area contributed by atoms with E-state index >= 15 is 0 Å². The summed E-state index contributed by atoms with van der Waals surface area (Å²) >= 11 is 0. The van der Waals surface area contributed by atoms with E-state index in [0.29, 0.717) is 6.20 Å². The van der Waals surface area contributed by atoms with E-state index < -0.39 is 53.1 Å². The van der Waals surface area contributed by atoms with E-state index in [9.17, 15) is 35.9 Å². The Hall–Kier alpha value is -4.09. The minimum Gasteiger partial charge on any atom is -0.359 e. The number of nitrogens with zero attached hydrogens (tertiary/aromatic N) is 7. The molecule has 24 heavy (non-hydrogen) atoms. The predicted molar refractivity (Wildman–Crippen MR) is 58.2 cm³/mol. The molecule has 0 radical (unpaired) electrons. The summed E-state index contributed by atoms with van der Waals surface area (Å²) in [6, 6.07) is 0. The second-order valence-electron chi connectivity index (χ2n) is 4.08. The molecular weight excluding hydrogens is 344 g/mol. The molecule has 0 bridgehead atoms. The second kappa shape index (κ2) is 4.70. The predicted octanol–water partition coefficient (Wildman–Crippen LogP) is -3.28. The maximum absolute atomic E-state index is 11.8. The number of hydrogen-bond donors (Lipinski definition) is 1. The molecule has 3 heterocycles. The Kier molecular flexibility index (Phi) is 2.91. The Morgan fingerprint density at radius 1 is 1.17 bits per heavy atom. The number of aromatic nitrogens is 4. The summed E-state index contributed by atoms with van der Waals surface area (Å²) < 4.78 is 8.07. The summed E-state index contributed by atoms with van der Waals surface area (Å²) in [5.41, 5.74) is -4.99. The van der Waals surface area contributed by atoms with Gasteiger partial charge in [0.05, 0.1) is 15.0 Å². The molecule has 0 aromatic carbocycles. The van der Waals surface area contributed by atoms with E-state index in [1.54, 1.807) is 5.48 Å². The molecule has 2 aromatic heterocycles. The van der Waals surface area contributed by atoms with Crippen molar-refractivity contribution in [1.82, 2.24) is 15.8 Å². The van der Waals surface area contributed by atoms with Crippen molar-refractivity contribution >= 4 is 11.5 Å². The molecule has 3 rings (SSSR count). The van der Waals surface area contributed by atoms with Gasteiger partial charge in [0.25, 0.3) is 0 Å². The smallest absolute Gasteiger partial charge is 0.359 e. The number of hydrogen-bond acceptors (Lipinski definition) is 13. The Morgan fingerprint density at radius 2 is 1.88 bits per heavy atom. The molecule has 0 saturated carbocycles. The molecule has 126 valence electrons. The van der Waals surface area contributed by atoms with E-state index in [-0.39, 0.29) is 0 Å². The summed E-state index contributed by atoms with van der Waals surface area (Å²) in [7, 11) is 0. The van der Waals surface area contributed by atoms with E-state index in [2.05, 4.69) is 24.5 Å². The van der Waals surface area contributed by atoms with E-state index in [0.717, 1.165) is 0 Å². The average Bonchev–Trinajstić information content (AvgIpc) is 3.17. The number of nitrogens with one attached hydrogen (secondary N) is 1. The van der Waals surface area contributed by atoms with Gasteiger partial charge in [0, 0.05) is 5.16 Å². The van der Waals surface area contributed by atoms with Crippen molar-refractivity contribution in [1.29, 1.82) is 0 Å². The van der Waals surface area contributed by atoms with Crippen molar-refractivity contribution < 1.29 is 38.8 Å². The Bertz CT molecular complexity index is 884. The van der Waals surface area contributed by atoms with Crippen molar-refractivity contribution in [2.45, 2.75) is 5.66 Å². The summed E-state index contributed by atoms with van der Waals surface area (Å²) in [6.07, 6.45) is 0.541. The first-order chi connectivity index (χ1) is 11.3. The highest BCUT2D eigenvalue weighted by molar-refractivity contribution is 6.02. The standard InChI is InChI=1S/C6H2N8O10/c15-10(16)5-3(12(18)23-8-5)4-6(14(20)21,9-24-13(4)19)2-1-7-22-11(2)17/h1,9H. The Morgan fingerprint density at radius 3 is 2.42 bits per heavy atom. The maximum Gasteiger partial charge on any atom is 0.452 e. The lowest BCUT2D eigenvalue weighted by molar-refractivity contribution is -0.822. The minimum atomic E-state index is -3.06. The fourth-order valence-corrected chi connectivity index (χ4v) is 1.97. The third-order valence-corrected chi connectivity index (χ3v) is 2.93. The topological polar surface area (TPSA) is 240 Å². The van der Waals surface area contributed by atoms with Crippen molar-refractivity contribution in [3.05, 3.63) is 53.4 Å². The Balaban J connectivity index is 2.35. The van der Waals surface area contributed by atoms with Gasteiger partial charge in [0.1, 0.15) is 0 Å². The molecule has 2 aromatic rings. The largest absolute Gasteiger partial charge is 0.452 e. The molecule has 0 spiro atoms. The number of hydroxylamine groups is 1. The van der Waals surface area contributed by atoms with Crippen LogP contribution in [0.3, 0.4) is 0 Å². The SMILES string of the molecule is O=[N+]([O-])c1no[n+]([O-])c1C1=[N+]([O-])ONC1(c1cno[n+]1[O-])[N+](=O)[O-]. The van der Waals surface area contributed by atoms with Crippen LogP contribution in [0.15, 0.2) is 15.5 Å². The third-order valence-electron chi connectivity index (χ3n) is 2.93. The zero-order valence-corrected chi connectivity index (χ0v) is 10.8. The number of nitro groups is 2. The van der Waals surface area contributed by atoms with Crippen LogP contribution in [0.4, 0.5) is 5.82 Å². The van der Waals surface area contributed by atoms with E-state index in [4.69, 9.17) is 0 Å². The van der Waals surface area contributed by atoms with Crippen LogP contribution < -0.4 is 15.3 Å². The quantitative estimate of drug-likeness (QED) is 0.324. The summed E-state index contributed by atoms with van der Waals surface area (Å²) in [5, 5.41) is 63.2. The van der Waals surface area contributed by atoms with Crippen LogP contribution in [0, 0.1) is 35.9 Å². The summed E-state index contributed by atoms with van der Waals surface area (Å²) in [5.74, 6) is -1.33. The highest BCUT2D eigenvalue weighted by Gasteiger charge is 2.71. The minimum absolute atomic E-state index is 0.465. The van der Waals surface area contributed by atoms with Crippen LogP contribution in [0.5, 0.6) is 0 Å². The average molecular weight is 346 g/mol. The molecule has 0 fully saturated rings. The zero-order valence-electron chi connectivity index (χ0n) is 10.8. The molecule has 18 nitrogen and oxygen atoms in total. The van der Waals surface area contributed by atoms with Crippen LogP contribution in [-0.4, -0.2) is 30.8 Å². The maximum atomic E-state index is 11.8. The van der Waals surface area contributed by atoms with Gasteiger partial charge in [0.2, 0.25) is 6.20 Å². The fraction of sp³-hybridized carbons (Fsp3) is 0.167. The van der Waals surface area contributed by atoms with E-state index in [1.807, 2.05) is 0 Å². The lowest BCUT2D eigenvalue weighted by Crippen LogP contribution is -2.58. The highest BCUT2D eigenvalue weighted by Crippen LogP contribution is 2.30. The van der Waals surface area contributed by atoms with Gasteiger partial charge >= 0.3 is 28.6 Å². The van der Waals surface area contributed by atoms with Gasteiger partial charge in [-0.2, -0.15) is 0 Å². The molecular formula is C6H2N8O10. The molecule has 1 N–H and O–H groups in total. The first-order valence-electron chi connectivity index (χ1n) is 5.53.